The van der Waals surface area contributed by atoms with E-state index in [0.29, 0.717) is 31.8 Å². The molecule has 1 saturated carbocycles. The van der Waals surface area contributed by atoms with E-state index in [1.165, 1.54) is 16.3 Å². The number of carbonyl (C=O) groups excluding carboxylic acids is 1. The molecule has 130 valence electrons. The number of piperidine rings is 1. The van der Waals surface area contributed by atoms with Gasteiger partial charge in [-0.3, -0.25) is 4.79 Å². The van der Waals surface area contributed by atoms with Crippen molar-refractivity contribution < 1.29 is 14.7 Å². The molecule has 4 rings (SSSR count). The Hall–Kier alpha value is -2.56. The number of likely N-dealkylation sites (tertiary alicyclic amines) is 1. The molecule has 0 aromatic heterocycles. The number of rotatable bonds is 3. The van der Waals surface area contributed by atoms with E-state index in [1.54, 1.807) is 4.90 Å². The van der Waals surface area contributed by atoms with Gasteiger partial charge in [-0.2, -0.15) is 0 Å². The molecule has 1 aliphatic carbocycles. The summed E-state index contributed by atoms with van der Waals surface area (Å²) in [5.74, 6) is -0.696. The van der Waals surface area contributed by atoms with Crippen LogP contribution in [0.5, 0.6) is 0 Å². The Bertz CT molecular complexity index is 806. The molecule has 2 aromatic rings. The Balaban J connectivity index is 1.37. The molecule has 0 spiro atoms. The van der Waals surface area contributed by atoms with Crippen molar-refractivity contribution in [1.82, 2.24) is 10.2 Å². The molecule has 25 heavy (non-hydrogen) atoms. The minimum atomic E-state index is -0.752. The van der Waals surface area contributed by atoms with Crippen molar-refractivity contribution in [2.45, 2.75) is 31.2 Å². The number of amides is 2. The summed E-state index contributed by atoms with van der Waals surface area (Å²) in [6.45, 7) is 1.04. The summed E-state index contributed by atoms with van der Waals surface area (Å²) >= 11 is 0. The second-order valence-electron chi connectivity index (χ2n) is 7.07. The lowest BCUT2D eigenvalue weighted by molar-refractivity contribution is -0.143. The monoisotopic (exact) mass is 338 g/mol. The lowest BCUT2D eigenvalue weighted by Crippen LogP contribution is -2.46. The SMILES string of the molecule is O=C(O)C1CCN(C(=O)N[C@@H]2C[C@H]2c2cccc3ccccc23)CC1. The summed E-state index contributed by atoms with van der Waals surface area (Å²) in [6.07, 6.45) is 2.05. The highest BCUT2D eigenvalue weighted by Crippen LogP contribution is 2.43. The summed E-state index contributed by atoms with van der Waals surface area (Å²) in [5.41, 5.74) is 1.30. The van der Waals surface area contributed by atoms with Gasteiger partial charge in [0.05, 0.1) is 5.92 Å². The van der Waals surface area contributed by atoms with Gasteiger partial charge in [0.2, 0.25) is 0 Å². The van der Waals surface area contributed by atoms with Crippen LogP contribution >= 0.6 is 0 Å². The van der Waals surface area contributed by atoms with Crippen LogP contribution in [0.15, 0.2) is 42.5 Å². The van der Waals surface area contributed by atoms with Crippen LogP contribution in [0.4, 0.5) is 4.79 Å². The maximum Gasteiger partial charge on any atom is 0.317 e. The molecule has 5 nitrogen and oxygen atoms in total. The summed E-state index contributed by atoms with van der Waals surface area (Å²) in [4.78, 5) is 25.2. The maximum atomic E-state index is 12.4. The van der Waals surface area contributed by atoms with Crippen LogP contribution < -0.4 is 5.32 Å². The van der Waals surface area contributed by atoms with Crippen molar-refractivity contribution in [2.24, 2.45) is 5.92 Å². The number of hydrogen-bond donors (Lipinski definition) is 2. The van der Waals surface area contributed by atoms with E-state index in [2.05, 4.69) is 41.7 Å². The molecule has 2 aromatic carbocycles. The van der Waals surface area contributed by atoms with E-state index in [1.807, 2.05) is 6.07 Å². The zero-order valence-corrected chi connectivity index (χ0v) is 14.0. The predicted molar refractivity (Wildman–Crippen MR) is 95.6 cm³/mol. The number of nitrogens with zero attached hydrogens (tertiary/aromatic N) is 1. The largest absolute Gasteiger partial charge is 0.481 e. The van der Waals surface area contributed by atoms with Gasteiger partial charge in [-0.1, -0.05) is 42.5 Å². The average Bonchev–Trinajstić information content (AvgIpc) is 3.40. The fourth-order valence-electron chi connectivity index (χ4n) is 3.85. The fraction of sp³-hybridized carbons (Fsp3) is 0.400. The Morgan fingerprint density at radius 2 is 1.76 bits per heavy atom. The number of carboxylic acids is 1. The van der Waals surface area contributed by atoms with Gasteiger partial charge >= 0.3 is 12.0 Å². The predicted octanol–water partition coefficient (Wildman–Crippen LogP) is 3.20. The van der Waals surface area contributed by atoms with Crippen LogP contribution in [0, 0.1) is 5.92 Å². The summed E-state index contributed by atoms with van der Waals surface area (Å²) in [5, 5.41) is 14.7. The van der Waals surface area contributed by atoms with Crippen LogP contribution in [0.1, 0.15) is 30.7 Å². The van der Waals surface area contributed by atoms with Crippen LogP contribution in [-0.4, -0.2) is 41.1 Å². The molecule has 2 atom stereocenters. The molecule has 1 aliphatic heterocycles. The van der Waals surface area contributed by atoms with Gasteiger partial charge in [-0.25, -0.2) is 4.79 Å². The van der Waals surface area contributed by atoms with E-state index in [9.17, 15) is 9.59 Å². The summed E-state index contributed by atoms with van der Waals surface area (Å²) in [7, 11) is 0. The van der Waals surface area contributed by atoms with Gasteiger partial charge < -0.3 is 15.3 Å². The van der Waals surface area contributed by atoms with Gasteiger partial charge in [0.25, 0.3) is 0 Å². The summed E-state index contributed by atoms with van der Waals surface area (Å²) in [6, 6.07) is 14.8. The number of carbonyl (C=O) groups is 2. The minimum Gasteiger partial charge on any atom is -0.481 e. The third-order valence-corrected chi connectivity index (χ3v) is 5.45. The van der Waals surface area contributed by atoms with Gasteiger partial charge in [0.1, 0.15) is 0 Å². The maximum absolute atomic E-state index is 12.4. The van der Waals surface area contributed by atoms with E-state index < -0.39 is 5.97 Å². The highest BCUT2D eigenvalue weighted by atomic mass is 16.4. The minimum absolute atomic E-state index is 0.0587. The van der Waals surface area contributed by atoms with Crippen LogP contribution in [0.3, 0.4) is 0 Å². The number of urea groups is 1. The van der Waals surface area contributed by atoms with Gasteiger partial charge in [-0.15, -0.1) is 0 Å². The van der Waals surface area contributed by atoms with Crippen LogP contribution in [0.25, 0.3) is 10.8 Å². The van der Waals surface area contributed by atoms with Crippen molar-refractivity contribution in [3.63, 3.8) is 0 Å². The lowest BCUT2D eigenvalue weighted by atomic mass is 9.97. The van der Waals surface area contributed by atoms with Crippen molar-refractivity contribution in [3.05, 3.63) is 48.0 Å². The second-order valence-corrected chi connectivity index (χ2v) is 7.07. The fourth-order valence-corrected chi connectivity index (χ4v) is 3.85. The highest BCUT2D eigenvalue weighted by molar-refractivity contribution is 5.87. The Labute approximate surface area is 146 Å². The smallest absolute Gasteiger partial charge is 0.317 e. The van der Waals surface area contributed by atoms with Gasteiger partial charge in [-0.05, 0) is 35.6 Å². The molecule has 5 heteroatoms. The molecule has 1 heterocycles. The van der Waals surface area contributed by atoms with E-state index in [4.69, 9.17) is 5.11 Å². The number of aliphatic carboxylic acids is 1. The van der Waals surface area contributed by atoms with Crippen LogP contribution in [-0.2, 0) is 4.79 Å². The third kappa shape index (κ3) is 3.18. The van der Waals surface area contributed by atoms with E-state index in [0.717, 1.165) is 6.42 Å². The first-order valence-electron chi connectivity index (χ1n) is 8.89. The standard InChI is InChI=1S/C20H22N2O3/c23-19(24)14-8-10-22(11-9-14)20(25)21-18-12-17(18)16-7-3-5-13-4-1-2-6-15(13)16/h1-7,14,17-18H,8-12H2,(H,21,25)(H,23,24)/t17-,18+/m0/s1. The summed E-state index contributed by atoms with van der Waals surface area (Å²) < 4.78 is 0. The van der Waals surface area contributed by atoms with E-state index >= 15 is 0 Å². The molecule has 1 saturated heterocycles. The number of benzene rings is 2. The highest BCUT2D eigenvalue weighted by Gasteiger charge is 2.41. The molecule has 2 fully saturated rings. The molecule has 0 unspecified atom stereocenters. The molecule has 0 radical (unpaired) electrons. The molecular formula is C20H22N2O3. The Morgan fingerprint density at radius 3 is 2.52 bits per heavy atom. The van der Waals surface area contributed by atoms with Crippen molar-refractivity contribution >= 4 is 22.8 Å². The molecule has 2 amide bonds. The first kappa shape index (κ1) is 15.9. The number of carboxylic acid groups (broad SMARTS) is 1. The van der Waals surface area contributed by atoms with Gasteiger partial charge in [0, 0.05) is 25.0 Å². The first-order valence-corrected chi connectivity index (χ1v) is 8.89. The first-order chi connectivity index (χ1) is 12.1. The lowest BCUT2D eigenvalue weighted by Gasteiger charge is -2.30. The topological polar surface area (TPSA) is 69.6 Å². The van der Waals surface area contributed by atoms with Crippen molar-refractivity contribution in [3.8, 4) is 0 Å². The zero-order valence-electron chi connectivity index (χ0n) is 14.0. The average molecular weight is 338 g/mol. The number of nitrogens with one attached hydrogen (secondary N) is 1. The Morgan fingerprint density at radius 1 is 1.04 bits per heavy atom. The normalized spacial score (nSPS) is 23.4. The number of hydrogen-bond acceptors (Lipinski definition) is 2. The van der Waals surface area contributed by atoms with Crippen molar-refractivity contribution in [2.75, 3.05) is 13.1 Å². The molecule has 0 bridgehead atoms. The zero-order chi connectivity index (χ0) is 17.4. The van der Waals surface area contributed by atoms with E-state index in [-0.39, 0.29) is 18.0 Å². The quantitative estimate of drug-likeness (QED) is 0.903. The Kier molecular flexibility index (Phi) is 4.07. The second kappa shape index (κ2) is 6.39. The van der Waals surface area contributed by atoms with Crippen LogP contribution in [0.2, 0.25) is 0 Å². The molecule has 2 N–H and O–H groups in total. The molecule has 2 aliphatic rings. The number of fused-ring (bicyclic) bond motifs is 1. The van der Waals surface area contributed by atoms with Crippen molar-refractivity contribution in [1.29, 1.82) is 0 Å². The third-order valence-electron chi connectivity index (χ3n) is 5.45. The van der Waals surface area contributed by atoms with Gasteiger partial charge in [0.15, 0.2) is 0 Å². The molecular weight excluding hydrogens is 316 g/mol.